The van der Waals surface area contributed by atoms with Gasteiger partial charge in [0.15, 0.2) is 0 Å². The molecule has 0 unspecified atom stereocenters. The van der Waals surface area contributed by atoms with Crippen molar-refractivity contribution in [2.24, 2.45) is 11.3 Å². The molecule has 4 rings (SSSR count). The van der Waals surface area contributed by atoms with Gasteiger partial charge in [0.05, 0.1) is 12.2 Å². The van der Waals surface area contributed by atoms with E-state index in [-0.39, 0.29) is 0 Å². The lowest BCUT2D eigenvalue weighted by molar-refractivity contribution is -0.141. The van der Waals surface area contributed by atoms with Crippen molar-refractivity contribution in [3.05, 3.63) is 18.0 Å². The molecular formula is C21H33N3O. The summed E-state index contributed by atoms with van der Waals surface area (Å²) in [6.45, 7) is 8.88. The van der Waals surface area contributed by atoms with Crippen LogP contribution in [0.25, 0.3) is 0 Å². The zero-order valence-corrected chi connectivity index (χ0v) is 16.1. The first-order valence-electron chi connectivity index (χ1n) is 10.3. The fourth-order valence-electron chi connectivity index (χ4n) is 5.40. The molecule has 0 aromatic carbocycles. The number of rotatable bonds is 5. The van der Waals surface area contributed by atoms with Crippen molar-refractivity contribution in [1.82, 2.24) is 14.7 Å². The van der Waals surface area contributed by atoms with Crippen LogP contribution in [0.15, 0.2) is 12.4 Å². The molecule has 1 aliphatic heterocycles. The highest BCUT2D eigenvalue weighted by atomic mass is 16.1. The van der Waals surface area contributed by atoms with E-state index in [2.05, 4.69) is 34.7 Å². The van der Waals surface area contributed by atoms with Gasteiger partial charge in [-0.1, -0.05) is 20.8 Å². The molecule has 138 valence electrons. The molecule has 4 nitrogen and oxygen atoms in total. The van der Waals surface area contributed by atoms with Crippen LogP contribution in [0.3, 0.4) is 0 Å². The molecule has 3 fully saturated rings. The molecule has 1 aromatic heterocycles. The maximum atomic E-state index is 11.8. The third-order valence-corrected chi connectivity index (χ3v) is 7.18. The van der Waals surface area contributed by atoms with Gasteiger partial charge in [-0.2, -0.15) is 5.10 Å². The molecule has 0 atom stereocenters. The van der Waals surface area contributed by atoms with E-state index in [0.717, 1.165) is 12.5 Å². The Balaban J connectivity index is 1.23. The van der Waals surface area contributed by atoms with Gasteiger partial charge in [0.2, 0.25) is 0 Å². The summed E-state index contributed by atoms with van der Waals surface area (Å²) in [6.07, 6.45) is 12.5. The Morgan fingerprint density at radius 3 is 2.44 bits per heavy atom. The first kappa shape index (κ1) is 17.3. The van der Waals surface area contributed by atoms with Crippen LogP contribution in [0.5, 0.6) is 0 Å². The minimum absolute atomic E-state index is 0.395. The first-order valence-corrected chi connectivity index (χ1v) is 10.3. The van der Waals surface area contributed by atoms with Crippen LogP contribution in [0.1, 0.15) is 83.2 Å². The van der Waals surface area contributed by atoms with Gasteiger partial charge in [0, 0.05) is 37.7 Å². The summed E-state index contributed by atoms with van der Waals surface area (Å²) in [5.74, 6) is 1.45. The van der Waals surface area contributed by atoms with Crippen LogP contribution in [0.2, 0.25) is 0 Å². The number of likely N-dealkylation sites (tertiary alicyclic amines) is 1. The van der Waals surface area contributed by atoms with E-state index in [4.69, 9.17) is 0 Å². The fraction of sp³-hybridized carbons (Fsp3) is 0.810. The van der Waals surface area contributed by atoms with E-state index < -0.39 is 0 Å². The van der Waals surface area contributed by atoms with Crippen LogP contribution in [-0.2, 0) is 4.79 Å². The molecule has 25 heavy (non-hydrogen) atoms. The Morgan fingerprint density at radius 2 is 1.88 bits per heavy atom. The zero-order chi connectivity index (χ0) is 17.6. The topological polar surface area (TPSA) is 38.1 Å². The van der Waals surface area contributed by atoms with E-state index in [1.54, 1.807) is 0 Å². The summed E-state index contributed by atoms with van der Waals surface area (Å²) in [6, 6.07) is 1.36. The smallest absolute Gasteiger partial charge is 0.135 e. The second kappa shape index (κ2) is 6.53. The molecule has 1 saturated heterocycles. The summed E-state index contributed by atoms with van der Waals surface area (Å²) in [5.41, 5.74) is 1.90. The average Bonchev–Trinajstić information content (AvgIpc) is 3.02. The molecule has 0 amide bonds. The Hall–Kier alpha value is -1.16. The summed E-state index contributed by atoms with van der Waals surface area (Å²) in [4.78, 5) is 14.5. The van der Waals surface area contributed by atoms with E-state index in [1.807, 2.05) is 13.1 Å². The van der Waals surface area contributed by atoms with Crippen LogP contribution < -0.4 is 0 Å². The molecule has 2 aliphatic carbocycles. The Bertz CT molecular complexity index is 613. The normalized spacial score (nSPS) is 33.4. The maximum absolute atomic E-state index is 11.8. The molecule has 0 N–H and O–H groups in total. The molecule has 3 aliphatic rings. The minimum atomic E-state index is 0.395. The van der Waals surface area contributed by atoms with Crippen LogP contribution >= 0.6 is 0 Å². The Kier molecular flexibility index (Phi) is 4.51. The number of hydrogen-bond donors (Lipinski definition) is 0. The first-order chi connectivity index (χ1) is 12.0. The minimum Gasteiger partial charge on any atom is -0.300 e. The zero-order valence-electron chi connectivity index (χ0n) is 16.1. The number of aromatic nitrogens is 2. The second-order valence-electron chi connectivity index (χ2n) is 9.16. The van der Waals surface area contributed by atoms with Gasteiger partial charge in [0.25, 0.3) is 0 Å². The number of carbonyl (C=O) groups excluding carboxylic acids is 1. The second-order valence-corrected chi connectivity index (χ2v) is 9.16. The lowest BCUT2D eigenvalue weighted by atomic mass is 9.49. The standard InChI is InChI=1S/C21H33N3O/c1-4-20(25)16-9-21(10-16)11-19(12-21)23-7-5-18(6-8-23)24-14-17(13-22-24)15(2)3/h13-16,18-19H,4-12H2,1-3H3. The van der Waals surface area contributed by atoms with Crippen LogP contribution in [0.4, 0.5) is 0 Å². The molecule has 0 bridgehead atoms. The third-order valence-electron chi connectivity index (χ3n) is 7.18. The molecule has 2 saturated carbocycles. The van der Waals surface area contributed by atoms with Crippen molar-refractivity contribution in [1.29, 1.82) is 0 Å². The lowest BCUT2D eigenvalue weighted by Crippen LogP contribution is -2.58. The van der Waals surface area contributed by atoms with Crippen molar-refractivity contribution < 1.29 is 4.79 Å². The van der Waals surface area contributed by atoms with Gasteiger partial charge in [-0.25, -0.2) is 0 Å². The number of hydrogen-bond acceptors (Lipinski definition) is 3. The van der Waals surface area contributed by atoms with Crippen molar-refractivity contribution in [2.75, 3.05) is 13.1 Å². The highest BCUT2D eigenvalue weighted by molar-refractivity contribution is 5.81. The average molecular weight is 344 g/mol. The molecule has 1 spiro atoms. The van der Waals surface area contributed by atoms with Gasteiger partial charge < -0.3 is 4.90 Å². The van der Waals surface area contributed by atoms with Gasteiger partial charge >= 0.3 is 0 Å². The van der Waals surface area contributed by atoms with E-state index in [9.17, 15) is 4.79 Å². The SMILES string of the molecule is CCC(=O)C1CC2(C1)CC(N1CCC(n3cc(C(C)C)cn3)CC1)C2. The van der Waals surface area contributed by atoms with Gasteiger partial charge in [0.1, 0.15) is 5.78 Å². The van der Waals surface area contributed by atoms with E-state index in [0.29, 0.717) is 29.1 Å². The third kappa shape index (κ3) is 3.18. The fourth-order valence-corrected chi connectivity index (χ4v) is 5.40. The number of nitrogens with zero attached hydrogens (tertiary/aromatic N) is 3. The summed E-state index contributed by atoms with van der Waals surface area (Å²) < 4.78 is 2.21. The molecule has 4 heteroatoms. The Labute approximate surface area is 152 Å². The lowest BCUT2D eigenvalue weighted by Gasteiger charge is -2.60. The predicted octanol–water partition coefficient (Wildman–Crippen LogP) is 4.18. The summed E-state index contributed by atoms with van der Waals surface area (Å²) in [5, 5.41) is 4.61. The van der Waals surface area contributed by atoms with Gasteiger partial charge in [-0.05, 0) is 55.4 Å². The quantitative estimate of drug-likeness (QED) is 0.805. The highest BCUT2D eigenvalue weighted by Gasteiger charge is 2.55. The Morgan fingerprint density at radius 1 is 1.20 bits per heavy atom. The molecule has 1 aromatic rings. The maximum Gasteiger partial charge on any atom is 0.135 e. The molecular weight excluding hydrogens is 310 g/mol. The largest absolute Gasteiger partial charge is 0.300 e. The van der Waals surface area contributed by atoms with Crippen molar-refractivity contribution in [2.45, 2.75) is 83.7 Å². The number of Topliss-reactive ketones (excluding diaryl/α,β-unsaturated/α-hetero) is 1. The molecule has 2 heterocycles. The highest BCUT2D eigenvalue weighted by Crippen LogP contribution is 2.60. The number of carbonyl (C=O) groups is 1. The van der Waals surface area contributed by atoms with Crippen molar-refractivity contribution >= 4 is 5.78 Å². The summed E-state index contributed by atoms with van der Waals surface area (Å²) >= 11 is 0. The van der Waals surface area contributed by atoms with Gasteiger partial charge in [-0.3, -0.25) is 9.48 Å². The van der Waals surface area contributed by atoms with E-state index in [1.165, 1.54) is 57.2 Å². The molecule has 0 radical (unpaired) electrons. The van der Waals surface area contributed by atoms with E-state index >= 15 is 0 Å². The van der Waals surface area contributed by atoms with Crippen molar-refractivity contribution in [3.8, 4) is 0 Å². The monoisotopic (exact) mass is 343 g/mol. The summed E-state index contributed by atoms with van der Waals surface area (Å²) in [7, 11) is 0. The van der Waals surface area contributed by atoms with Crippen LogP contribution in [0, 0.1) is 11.3 Å². The van der Waals surface area contributed by atoms with Crippen LogP contribution in [-0.4, -0.2) is 39.6 Å². The number of piperidine rings is 1. The number of ketones is 1. The van der Waals surface area contributed by atoms with Crippen molar-refractivity contribution in [3.63, 3.8) is 0 Å². The predicted molar refractivity (Wildman–Crippen MR) is 99.6 cm³/mol. The van der Waals surface area contributed by atoms with Gasteiger partial charge in [-0.15, -0.1) is 0 Å².